The van der Waals surface area contributed by atoms with Gasteiger partial charge in [0.25, 0.3) is 15.9 Å². The summed E-state index contributed by atoms with van der Waals surface area (Å²) >= 11 is 0. The molecule has 0 spiro atoms. The summed E-state index contributed by atoms with van der Waals surface area (Å²) in [5, 5.41) is 8.81. The van der Waals surface area contributed by atoms with Crippen molar-refractivity contribution in [3.8, 4) is 0 Å². The normalized spacial score (nSPS) is 13.6. The van der Waals surface area contributed by atoms with Crippen LogP contribution >= 0.6 is 0 Å². The van der Waals surface area contributed by atoms with Gasteiger partial charge in [-0.15, -0.1) is 0 Å². The fourth-order valence-electron chi connectivity index (χ4n) is 2.59. The first kappa shape index (κ1) is 20.6. The van der Waals surface area contributed by atoms with Crippen molar-refractivity contribution >= 4 is 39.4 Å². The van der Waals surface area contributed by atoms with E-state index in [1.165, 1.54) is 24.3 Å². The van der Waals surface area contributed by atoms with E-state index in [0.717, 1.165) is 19.1 Å². The summed E-state index contributed by atoms with van der Waals surface area (Å²) in [5.41, 5.74) is 1.49. The number of sulfonamides is 1. The van der Waals surface area contributed by atoms with E-state index in [2.05, 4.69) is 25.5 Å². The molecule has 0 bridgehead atoms. The summed E-state index contributed by atoms with van der Waals surface area (Å²) in [6.45, 7) is 3.39. The van der Waals surface area contributed by atoms with E-state index in [0.29, 0.717) is 16.9 Å². The molecular weight excluding hydrogens is 426 g/mol. The second-order valence-electron chi connectivity index (χ2n) is 7.11. The van der Waals surface area contributed by atoms with Crippen molar-refractivity contribution in [2.75, 3.05) is 15.4 Å². The Kier molecular flexibility index (Phi) is 5.23. The highest BCUT2D eigenvalue weighted by Crippen LogP contribution is 2.30. The SMILES string of the molecule is Cc1noc(NS(=O)(=O)c2ccc(NC(=O)c3coc(NC(=O)C4CC4)n3)cc2)c1C. The van der Waals surface area contributed by atoms with Gasteiger partial charge in [0.2, 0.25) is 11.8 Å². The zero-order valence-corrected chi connectivity index (χ0v) is 17.4. The van der Waals surface area contributed by atoms with E-state index in [9.17, 15) is 18.0 Å². The Labute approximate surface area is 177 Å². The van der Waals surface area contributed by atoms with Gasteiger partial charge in [0.1, 0.15) is 6.26 Å². The average Bonchev–Trinajstić information content (AvgIpc) is 3.42. The van der Waals surface area contributed by atoms with Crippen LogP contribution in [0.5, 0.6) is 0 Å². The zero-order chi connectivity index (χ0) is 22.2. The van der Waals surface area contributed by atoms with E-state index in [1.807, 2.05) is 0 Å². The summed E-state index contributed by atoms with van der Waals surface area (Å²) in [5.74, 6) is -0.733. The summed E-state index contributed by atoms with van der Waals surface area (Å²) in [4.78, 5) is 28.0. The van der Waals surface area contributed by atoms with Crippen LogP contribution in [0.1, 0.15) is 34.6 Å². The first-order valence-electron chi connectivity index (χ1n) is 9.36. The molecule has 11 nitrogen and oxygen atoms in total. The van der Waals surface area contributed by atoms with E-state index in [4.69, 9.17) is 8.94 Å². The quantitative estimate of drug-likeness (QED) is 0.501. The molecule has 1 aliphatic carbocycles. The molecule has 1 fully saturated rings. The topological polar surface area (TPSA) is 156 Å². The Morgan fingerprint density at radius 1 is 1.10 bits per heavy atom. The van der Waals surface area contributed by atoms with E-state index in [-0.39, 0.29) is 34.3 Å². The minimum absolute atomic E-state index is 0.0227. The number of carbonyl (C=O) groups is 2. The van der Waals surface area contributed by atoms with Crippen LogP contribution in [-0.2, 0) is 14.8 Å². The molecule has 1 aromatic carbocycles. The molecule has 0 radical (unpaired) electrons. The molecule has 31 heavy (non-hydrogen) atoms. The zero-order valence-electron chi connectivity index (χ0n) is 16.6. The lowest BCUT2D eigenvalue weighted by Gasteiger charge is -2.07. The van der Waals surface area contributed by atoms with Gasteiger partial charge in [-0.3, -0.25) is 14.9 Å². The summed E-state index contributed by atoms with van der Waals surface area (Å²) < 4.78 is 37.5. The number of benzene rings is 1. The molecule has 0 unspecified atom stereocenters. The van der Waals surface area contributed by atoms with Crippen LogP contribution in [0.3, 0.4) is 0 Å². The van der Waals surface area contributed by atoms with E-state index < -0.39 is 15.9 Å². The molecule has 1 saturated carbocycles. The van der Waals surface area contributed by atoms with E-state index in [1.54, 1.807) is 13.8 Å². The number of aromatic nitrogens is 2. The molecule has 2 aromatic heterocycles. The standard InChI is InChI=1S/C19H19N5O6S/c1-10-11(2)23-30-18(10)24-31(27,28)14-7-5-13(6-8-14)20-17(26)15-9-29-19(21-15)22-16(25)12-3-4-12/h5-9,12,24H,3-4H2,1-2H3,(H,20,26)(H,21,22,25). The van der Waals surface area contributed by atoms with Gasteiger partial charge < -0.3 is 14.3 Å². The number of hydrogen-bond acceptors (Lipinski definition) is 8. The van der Waals surface area contributed by atoms with Crippen molar-refractivity contribution in [3.05, 3.63) is 47.5 Å². The lowest BCUT2D eigenvalue weighted by Crippen LogP contribution is -2.15. The Balaban J connectivity index is 1.40. The maximum atomic E-state index is 12.5. The second kappa shape index (κ2) is 7.87. The molecule has 162 valence electrons. The summed E-state index contributed by atoms with van der Waals surface area (Å²) in [6.07, 6.45) is 2.79. The van der Waals surface area contributed by atoms with Crippen LogP contribution in [0.25, 0.3) is 0 Å². The number of hydrogen-bond donors (Lipinski definition) is 3. The van der Waals surface area contributed by atoms with Gasteiger partial charge >= 0.3 is 6.01 Å². The van der Waals surface area contributed by atoms with Gasteiger partial charge in [0.05, 0.1) is 10.6 Å². The molecule has 0 aliphatic heterocycles. The van der Waals surface area contributed by atoms with Crippen LogP contribution in [0.4, 0.5) is 17.6 Å². The van der Waals surface area contributed by atoms with Gasteiger partial charge in [-0.2, -0.15) is 4.98 Å². The third-order valence-electron chi connectivity index (χ3n) is 4.72. The van der Waals surface area contributed by atoms with Crippen LogP contribution in [0, 0.1) is 19.8 Å². The van der Waals surface area contributed by atoms with Gasteiger partial charge in [-0.1, -0.05) is 5.16 Å². The van der Waals surface area contributed by atoms with Crippen molar-refractivity contribution in [3.63, 3.8) is 0 Å². The Hall–Kier alpha value is -3.67. The number of anilines is 3. The minimum Gasteiger partial charge on any atom is -0.431 e. The van der Waals surface area contributed by atoms with Crippen molar-refractivity contribution in [1.29, 1.82) is 0 Å². The van der Waals surface area contributed by atoms with Crippen LogP contribution < -0.4 is 15.4 Å². The van der Waals surface area contributed by atoms with Crippen molar-refractivity contribution in [2.45, 2.75) is 31.6 Å². The van der Waals surface area contributed by atoms with Crippen molar-refractivity contribution < 1.29 is 26.9 Å². The highest BCUT2D eigenvalue weighted by atomic mass is 32.2. The fourth-order valence-corrected chi connectivity index (χ4v) is 3.64. The number of nitrogens with zero attached hydrogens (tertiary/aromatic N) is 2. The smallest absolute Gasteiger partial charge is 0.302 e. The fraction of sp³-hybridized carbons (Fsp3) is 0.263. The van der Waals surface area contributed by atoms with Gasteiger partial charge in [-0.05, 0) is 51.0 Å². The molecule has 0 saturated heterocycles. The molecular formula is C19H19N5O6S. The second-order valence-corrected chi connectivity index (χ2v) is 8.79. The van der Waals surface area contributed by atoms with Gasteiger partial charge in [-0.25, -0.2) is 13.1 Å². The molecule has 2 amide bonds. The van der Waals surface area contributed by atoms with Crippen LogP contribution in [0.2, 0.25) is 0 Å². The largest absolute Gasteiger partial charge is 0.431 e. The molecule has 3 N–H and O–H groups in total. The third kappa shape index (κ3) is 4.58. The van der Waals surface area contributed by atoms with Gasteiger partial charge in [0.15, 0.2) is 5.69 Å². The maximum Gasteiger partial charge on any atom is 0.302 e. The molecule has 4 rings (SSSR count). The lowest BCUT2D eigenvalue weighted by molar-refractivity contribution is -0.117. The monoisotopic (exact) mass is 445 g/mol. The third-order valence-corrected chi connectivity index (χ3v) is 6.07. The maximum absolute atomic E-state index is 12.5. The minimum atomic E-state index is -3.89. The number of nitrogens with one attached hydrogen (secondary N) is 3. The number of aryl methyl sites for hydroxylation is 1. The number of amides is 2. The number of carbonyl (C=O) groups excluding carboxylic acids is 2. The predicted molar refractivity (Wildman–Crippen MR) is 109 cm³/mol. The molecule has 2 heterocycles. The van der Waals surface area contributed by atoms with E-state index >= 15 is 0 Å². The lowest BCUT2D eigenvalue weighted by atomic mass is 10.3. The highest BCUT2D eigenvalue weighted by Gasteiger charge is 2.30. The first-order chi connectivity index (χ1) is 14.7. The number of rotatable bonds is 7. The highest BCUT2D eigenvalue weighted by molar-refractivity contribution is 7.92. The first-order valence-corrected chi connectivity index (χ1v) is 10.8. The summed E-state index contributed by atoms with van der Waals surface area (Å²) in [7, 11) is -3.89. The van der Waals surface area contributed by atoms with Crippen LogP contribution in [0.15, 0.2) is 44.4 Å². The van der Waals surface area contributed by atoms with Crippen LogP contribution in [-0.4, -0.2) is 30.4 Å². The predicted octanol–water partition coefficient (Wildman–Crippen LogP) is 2.68. The molecule has 3 aromatic rings. The Morgan fingerprint density at radius 2 is 1.81 bits per heavy atom. The molecule has 12 heteroatoms. The average molecular weight is 445 g/mol. The van der Waals surface area contributed by atoms with Gasteiger partial charge in [0, 0.05) is 17.2 Å². The Morgan fingerprint density at radius 3 is 2.42 bits per heavy atom. The van der Waals surface area contributed by atoms with Crippen molar-refractivity contribution in [1.82, 2.24) is 10.1 Å². The molecule has 0 atom stereocenters. The number of oxazole rings is 1. The van der Waals surface area contributed by atoms with Crippen molar-refractivity contribution in [2.24, 2.45) is 5.92 Å². The summed E-state index contributed by atoms with van der Waals surface area (Å²) in [6, 6.07) is 5.48. The Bertz CT molecular complexity index is 1240. The molecule has 1 aliphatic rings.